The molecule has 0 saturated carbocycles. The molecule has 1 N–H and O–H groups in total. The smallest absolute Gasteiger partial charge is 0.262 e. The van der Waals surface area contributed by atoms with Crippen LogP contribution in [0, 0.1) is 6.92 Å². The van der Waals surface area contributed by atoms with Gasteiger partial charge in [0.15, 0.2) is 6.61 Å². The van der Waals surface area contributed by atoms with Crippen LogP contribution in [0.15, 0.2) is 48.5 Å². The molecule has 0 aliphatic rings. The maximum absolute atomic E-state index is 11.8. The van der Waals surface area contributed by atoms with E-state index in [0.717, 1.165) is 11.3 Å². The highest BCUT2D eigenvalue weighted by molar-refractivity contribution is 5.91. The highest BCUT2D eigenvalue weighted by atomic mass is 16.5. The lowest BCUT2D eigenvalue weighted by Crippen LogP contribution is -2.20. The summed E-state index contributed by atoms with van der Waals surface area (Å²) in [5.41, 5.74) is 3.16. The maximum Gasteiger partial charge on any atom is 0.262 e. The van der Waals surface area contributed by atoms with Gasteiger partial charge in [-0.05, 0) is 48.2 Å². The molecule has 21 heavy (non-hydrogen) atoms. The second kappa shape index (κ2) is 6.93. The van der Waals surface area contributed by atoms with Crippen LogP contribution in [0.2, 0.25) is 0 Å². The van der Waals surface area contributed by atoms with Crippen LogP contribution >= 0.6 is 0 Å². The van der Waals surface area contributed by atoms with Crippen molar-refractivity contribution in [2.45, 2.75) is 26.7 Å². The summed E-state index contributed by atoms with van der Waals surface area (Å²) in [6.45, 7) is 6.29. The van der Waals surface area contributed by atoms with E-state index in [2.05, 4.69) is 19.2 Å². The maximum atomic E-state index is 11.8. The van der Waals surface area contributed by atoms with E-state index in [1.807, 2.05) is 55.5 Å². The fourth-order valence-electron chi connectivity index (χ4n) is 2.02. The average Bonchev–Trinajstić information content (AvgIpc) is 2.45. The lowest BCUT2D eigenvalue weighted by atomic mass is 10.0. The van der Waals surface area contributed by atoms with E-state index in [0.29, 0.717) is 11.7 Å². The van der Waals surface area contributed by atoms with Gasteiger partial charge in [0.05, 0.1) is 0 Å². The van der Waals surface area contributed by atoms with Crippen LogP contribution in [0.1, 0.15) is 30.9 Å². The topological polar surface area (TPSA) is 38.3 Å². The molecule has 3 heteroatoms. The van der Waals surface area contributed by atoms with Crippen molar-refractivity contribution in [3.8, 4) is 5.75 Å². The van der Waals surface area contributed by atoms with E-state index in [9.17, 15) is 4.79 Å². The van der Waals surface area contributed by atoms with Gasteiger partial charge in [-0.25, -0.2) is 0 Å². The molecule has 0 aliphatic heterocycles. The first-order valence-corrected chi connectivity index (χ1v) is 7.14. The summed E-state index contributed by atoms with van der Waals surface area (Å²) in [4.78, 5) is 11.8. The number of amides is 1. The normalized spacial score (nSPS) is 10.5. The molecule has 0 aliphatic carbocycles. The van der Waals surface area contributed by atoms with Crippen LogP contribution in [-0.2, 0) is 4.79 Å². The fourth-order valence-corrected chi connectivity index (χ4v) is 2.02. The number of carbonyl (C=O) groups is 1. The Balaban J connectivity index is 1.86. The second-order valence-corrected chi connectivity index (χ2v) is 5.43. The molecule has 0 unspecified atom stereocenters. The first kappa shape index (κ1) is 15.1. The summed E-state index contributed by atoms with van der Waals surface area (Å²) in [7, 11) is 0. The van der Waals surface area contributed by atoms with Gasteiger partial charge in [0.25, 0.3) is 5.91 Å². The Labute approximate surface area is 126 Å². The van der Waals surface area contributed by atoms with Crippen molar-refractivity contribution < 1.29 is 9.53 Å². The number of ether oxygens (including phenoxy) is 1. The predicted molar refractivity (Wildman–Crippen MR) is 85.8 cm³/mol. The SMILES string of the molecule is Cc1cccc(NC(=O)COc2ccc(C(C)C)cc2)c1. The van der Waals surface area contributed by atoms with Crippen molar-refractivity contribution in [3.63, 3.8) is 0 Å². The molecule has 110 valence electrons. The lowest BCUT2D eigenvalue weighted by Gasteiger charge is -2.09. The Morgan fingerprint density at radius 2 is 1.86 bits per heavy atom. The molecule has 1 amide bonds. The van der Waals surface area contributed by atoms with Crippen molar-refractivity contribution in [1.29, 1.82) is 0 Å². The number of anilines is 1. The van der Waals surface area contributed by atoms with Gasteiger partial charge < -0.3 is 10.1 Å². The van der Waals surface area contributed by atoms with Gasteiger partial charge in [0, 0.05) is 5.69 Å². The molecule has 2 rings (SSSR count). The summed E-state index contributed by atoms with van der Waals surface area (Å²) in [5.74, 6) is 1.04. The summed E-state index contributed by atoms with van der Waals surface area (Å²) in [6, 6.07) is 15.5. The van der Waals surface area contributed by atoms with Gasteiger partial charge in [-0.1, -0.05) is 38.1 Å². The lowest BCUT2D eigenvalue weighted by molar-refractivity contribution is -0.118. The van der Waals surface area contributed by atoms with Crippen LogP contribution in [0.3, 0.4) is 0 Å². The molecule has 3 nitrogen and oxygen atoms in total. The van der Waals surface area contributed by atoms with Gasteiger partial charge in [-0.15, -0.1) is 0 Å². The Hall–Kier alpha value is -2.29. The zero-order valence-electron chi connectivity index (χ0n) is 12.7. The molecule has 0 heterocycles. The third-order valence-corrected chi connectivity index (χ3v) is 3.22. The second-order valence-electron chi connectivity index (χ2n) is 5.43. The minimum Gasteiger partial charge on any atom is -0.484 e. The first-order chi connectivity index (χ1) is 10.0. The molecule has 0 atom stereocenters. The van der Waals surface area contributed by atoms with E-state index < -0.39 is 0 Å². The Morgan fingerprint density at radius 1 is 1.14 bits per heavy atom. The molecule has 2 aromatic carbocycles. The predicted octanol–water partition coefficient (Wildman–Crippen LogP) is 4.14. The van der Waals surface area contributed by atoms with Crippen LogP contribution in [0.25, 0.3) is 0 Å². The van der Waals surface area contributed by atoms with Crippen molar-refractivity contribution in [2.24, 2.45) is 0 Å². The summed E-state index contributed by atoms with van der Waals surface area (Å²) in [5, 5.41) is 2.82. The summed E-state index contributed by atoms with van der Waals surface area (Å²) >= 11 is 0. The van der Waals surface area contributed by atoms with E-state index in [1.54, 1.807) is 0 Å². The van der Waals surface area contributed by atoms with Gasteiger partial charge in [-0.2, -0.15) is 0 Å². The molecular formula is C18H21NO2. The molecule has 0 spiro atoms. The number of nitrogens with one attached hydrogen (secondary N) is 1. The molecule has 0 fully saturated rings. The monoisotopic (exact) mass is 283 g/mol. The number of aryl methyl sites for hydroxylation is 1. The van der Waals surface area contributed by atoms with Crippen molar-refractivity contribution in [1.82, 2.24) is 0 Å². The van der Waals surface area contributed by atoms with Gasteiger partial charge >= 0.3 is 0 Å². The van der Waals surface area contributed by atoms with Gasteiger partial charge in [0.1, 0.15) is 5.75 Å². The average molecular weight is 283 g/mol. The van der Waals surface area contributed by atoms with E-state index in [-0.39, 0.29) is 12.5 Å². The third kappa shape index (κ3) is 4.63. The Bertz CT molecular complexity index is 603. The standard InChI is InChI=1S/C18H21NO2/c1-13(2)15-7-9-17(10-8-15)21-12-18(20)19-16-6-4-5-14(3)11-16/h4-11,13H,12H2,1-3H3,(H,19,20). The number of carbonyl (C=O) groups excluding carboxylic acids is 1. The zero-order valence-corrected chi connectivity index (χ0v) is 12.7. The Kier molecular flexibility index (Phi) is 4.99. The highest BCUT2D eigenvalue weighted by Crippen LogP contribution is 2.18. The van der Waals surface area contributed by atoms with E-state index >= 15 is 0 Å². The molecular weight excluding hydrogens is 262 g/mol. The van der Waals surface area contributed by atoms with Gasteiger partial charge in [0.2, 0.25) is 0 Å². The van der Waals surface area contributed by atoms with Crippen molar-refractivity contribution >= 4 is 11.6 Å². The number of hydrogen-bond acceptors (Lipinski definition) is 2. The van der Waals surface area contributed by atoms with Crippen LogP contribution < -0.4 is 10.1 Å². The number of hydrogen-bond donors (Lipinski definition) is 1. The van der Waals surface area contributed by atoms with Crippen LogP contribution in [0.5, 0.6) is 5.75 Å². The van der Waals surface area contributed by atoms with E-state index in [4.69, 9.17) is 4.74 Å². The summed E-state index contributed by atoms with van der Waals surface area (Å²) < 4.78 is 5.49. The summed E-state index contributed by atoms with van der Waals surface area (Å²) in [6.07, 6.45) is 0. The number of rotatable bonds is 5. The van der Waals surface area contributed by atoms with Crippen molar-refractivity contribution in [3.05, 3.63) is 59.7 Å². The van der Waals surface area contributed by atoms with Crippen LogP contribution in [0.4, 0.5) is 5.69 Å². The fraction of sp³-hybridized carbons (Fsp3) is 0.278. The van der Waals surface area contributed by atoms with Crippen LogP contribution in [-0.4, -0.2) is 12.5 Å². The van der Waals surface area contributed by atoms with Crippen molar-refractivity contribution in [2.75, 3.05) is 11.9 Å². The Morgan fingerprint density at radius 3 is 2.48 bits per heavy atom. The quantitative estimate of drug-likeness (QED) is 0.895. The molecule has 0 bridgehead atoms. The molecule has 0 saturated heterocycles. The number of benzene rings is 2. The zero-order chi connectivity index (χ0) is 15.2. The first-order valence-electron chi connectivity index (χ1n) is 7.14. The molecule has 2 aromatic rings. The largest absolute Gasteiger partial charge is 0.484 e. The minimum absolute atomic E-state index is 0.00890. The van der Waals surface area contributed by atoms with E-state index in [1.165, 1.54) is 5.56 Å². The minimum atomic E-state index is -0.159. The molecule has 0 radical (unpaired) electrons. The highest BCUT2D eigenvalue weighted by Gasteiger charge is 2.04. The third-order valence-electron chi connectivity index (χ3n) is 3.22. The van der Waals surface area contributed by atoms with Gasteiger partial charge in [-0.3, -0.25) is 4.79 Å². The molecule has 0 aromatic heterocycles.